The molecule has 3 N–H and O–H groups in total. The van der Waals surface area contributed by atoms with Crippen LogP contribution in [-0.2, 0) is 25.4 Å². The third-order valence-electron chi connectivity index (χ3n) is 3.38. The first-order valence-corrected chi connectivity index (χ1v) is 8.46. The number of thioether (sulfide) groups is 1. The summed E-state index contributed by atoms with van der Waals surface area (Å²) >= 11 is 7.29. The van der Waals surface area contributed by atoms with E-state index in [0.717, 1.165) is 5.56 Å². The Hall–Kier alpha value is -1.22. The van der Waals surface area contributed by atoms with Crippen LogP contribution in [0.4, 0.5) is 13.2 Å². The number of aromatic nitrogens is 2. The van der Waals surface area contributed by atoms with E-state index in [9.17, 15) is 13.2 Å². The van der Waals surface area contributed by atoms with Crippen LogP contribution < -0.4 is 5.73 Å². The highest BCUT2D eigenvalue weighted by Crippen LogP contribution is 2.37. The minimum Gasteiger partial charge on any atom is -0.395 e. The maximum Gasteiger partial charge on any atom is 0.435 e. The fourth-order valence-corrected chi connectivity index (χ4v) is 3.64. The maximum atomic E-state index is 13.2. The van der Waals surface area contributed by atoms with Gasteiger partial charge in [-0.3, -0.25) is 4.68 Å². The molecule has 24 heavy (non-hydrogen) atoms. The van der Waals surface area contributed by atoms with Crippen molar-refractivity contribution in [2.75, 3.05) is 6.61 Å². The van der Waals surface area contributed by atoms with Gasteiger partial charge < -0.3 is 10.8 Å². The van der Waals surface area contributed by atoms with Gasteiger partial charge in [-0.15, -0.1) is 11.8 Å². The van der Waals surface area contributed by atoms with Gasteiger partial charge in [0.15, 0.2) is 5.69 Å². The molecule has 0 spiro atoms. The molecule has 0 aliphatic carbocycles. The summed E-state index contributed by atoms with van der Waals surface area (Å²) in [7, 11) is 1.46. The molecule has 1 aromatic heterocycles. The molecule has 0 aliphatic rings. The molecule has 9 heteroatoms. The van der Waals surface area contributed by atoms with Crippen LogP contribution in [0.3, 0.4) is 0 Å². The number of halogens is 4. The van der Waals surface area contributed by atoms with Crippen LogP contribution in [0.15, 0.2) is 29.3 Å². The van der Waals surface area contributed by atoms with Gasteiger partial charge in [0.1, 0.15) is 0 Å². The average Bonchev–Trinajstić information content (AvgIpc) is 2.82. The van der Waals surface area contributed by atoms with Gasteiger partial charge in [0.2, 0.25) is 0 Å². The van der Waals surface area contributed by atoms with Crippen LogP contribution >= 0.6 is 23.4 Å². The molecule has 1 unspecified atom stereocenters. The number of alkyl halides is 3. The van der Waals surface area contributed by atoms with Crippen molar-refractivity contribution in [3.05, 3.63) is 46.1 Å². The smallest absolute Gasteiger partial charge is 0.395 e. The second-order valence-electron chi connectivity index (χ2n) is 5.28. The molecule has 2 rings (SSSR count). The molecule has 0 amide bonds. The molecule has 2 aromatic rings. The summed E-state index contributed by atoms with van der Waals surface area (Å²) in [4.78, 5) is 0. The summed E-state index contributed by atoms with van der Waals surface area (Å²) in [5, 5.41) is 13.6. The molecule has 4 nitrogen and oxygen atoms in total. The number of aryl methyl sites for hydroxylation is 1. The Balaban J connectivity index is 2.34. The zero-order chi connectivity index (χ0) is 17.9. The molecule has 1 atom stereocenters. The average molecular weight is 380 g/mol. The van der Waals surface area contributed by atoms with E-state index in [0.29, 0.717) is 15.8 Å². The van der Waals surface area contributed by atoms with E-state index in [1.54, 1.807) is 12.1 Å². The minimum absolute atomic E-state index is 0.00334. The van der Waals surface area contributed by atoms with Crippen LogP contribution in [0.25, 0.3) is 0 Å². The first-order valence-electron chi connectivity index (χ1n) is 7.09. The molecule has 1 heterocycles. The molecule has 0 saturated heterocycles. The Morgan fingerprint density at radius 2 is 2.04 bits per heavy atom. The fourth-order valence-electron chi connectivity index (χ4n) is 2.23. The first kappa shape index (κ1) is 19.1. The highest BCUT2D eigenvalue weighted by atomic mass is 35.5. The fraction of sp³-hybridized carbons (Fsp3) is 0.400. The van der Waals surface area contributed by atoms with E-state index < -0.39 is 24.5 Å². The molecular formula is C15H17ClF3N3OS. The number of aliphatic hydroxyl groups excluding tert-OH is 1. The number of aliphatic hydroxyl groups is 1. The third kappa shape index (κ3) is 4.44. The van der Waals surface area contributed by atoms with Gasteiger partial charge in [-0.1, -0.05) is 29.8 Å². The summed E-state index contributed by atoms with van der Waals surface area (Å²) in [6, 6.07) is 6.36. The number of nitrogens with two attached hydrogens (primary N) is 1. The van der Waals surface area contributed by atoms with Gasteiger partial charge in [0.25, 0.3) is 0 Å². The highest BCUT2D eigenvalue weighted by Gasteiger charge is 2.39. The Morgan fingerprint density at radius 3 is 2.62 bits per heavy atom. The molecule has 132 valence electrons. The van der Waals surface area contributed by atoms with Crippen LogP contribution in [0, 0.1) is 0 Å². The van der Waals surface area contributed by atoms with Gasteiger partial charge in [0, 0.05) is 29.4 Å². The molecule has 0 saturated carbocycles. The zero-order valence-electron chi connectivity index (χ0n) is 12.8. The van der Waals surface area contributed by atoms with E-state index in [-0.39, 0.29) is 12.0 Å². The Morgan fingerprint density at radius 1 is 1.38 bits per heavy atom. The van der Waals surface area contributed by atoms with Crippen LogP contribution in [0.5, 0.6) is 0 Å². The topological polar surface area (TPSA) is 64.1 Å². The molecule has 0 fully saturated rings. The lowest BCUT2D eigenvalue weighted by molar-refractivity contribution is -0.142. The molecule has 0 aliphatic heterocycles. The predicted molar refractivity (Wildman–Crippen MR) is 88.0 cm³/mol. The second kappa shape index (κ2) is 7.77. The van der Waals surface area contributed by atoms with Crippen molar-refractivity contribution in [3.63, 3.8) is 0 Å². The van der Waals surface area contributed by atoms with Crippen LogP contribution in [0.1, 0.15) is 16.8 Å². The molecule has 0 bridgehead atoms. The van der Waals surface area contributed by atoms with Crippen molar-refractivity contribution in [1.82, 2.24) is 9.78 Å². The molecular weight excluding hydrogens is 363 g/mol. The number of hydrogen-bond donors (Lipinski definition) is 2. The van der Waals surface area contributed by atoms with Gasteiger partial charge in [0.05, 0.1) is 11.6 Å². The lowest BCUT2D eigenvalue weighted by Crippen LogP contribution is -2.28. The van der Waals surface area contributed by atoms with Crippen LogP contribution in [0.2, 0.25) is 5.02 Å². The third-order valence-corrected chi connectivity index (χ3v) is 4.99. The van der Waals surface area contributed by atoms with Crippen molar-refractivity contribution in [2.24, 2.45) is 12.8 Å². The summed E-state index contributed by atoms with van der Waals surface area (Å²) in [5.74, 6) is 0.401. The van der Waals surface area contributed by atoms with Crippen molar-refractivity contribution >= 4 is 23.4 Å². The van der Waals surface area contributed by atoms with E-state index >= 15 is 0 Å². The van der Waals surface area contributed by atoms with Gasteiger partial charge in [-0.05, 0) is 18.1 Å². The number of benzene rings is 1. The number of rotatable bonds is 6. The van der Waals surface area contributed by atoms with Crippen molar-refractivity contribution in [1.29, 1.82) is 0 Å². The number of hydrogen-bond acceptors (Lipinski definition) is 4. The standard InChI is InChI=1S/C15H17ClF3N3OS/c1-22-14(24-8-9-4-2-3-5-12(9)16)11(6-10(20)7-23)13(21-22)15(17,18)19/h2-5,10,23H,6-8,20H2,1H3. The largest absolute Gasteiger partial charge is 0.435 e. The van der Waals surface area contributed by atoms with Crippen molar-refractivity contribution < 1.29 is 18.3 Å². The molecule has 0 radical (unpaired) electrons. The Labute approximate surface area is 146 Å². The van der Waals surface area contributed by atoms with Gasteiger partial charge in [-0.2, -0.15) is 18.3 Å². The minimum atomic E-state index is -4.58. The van der Waals surface area contributed by atoms with Gasteiger partial charge >= 0.3 is 6.18 Å². The quantitative estimate of drug-likeness (QED) is 0.756. The molecule has 1 aromatic carbocycles. The Kier molecular flexibility index (Phi) is 6.19. The zero-order valence-corrected chi connectivity index (χ0v) is 14.4. The second-order valence-corrected chi connectivity index (χ2v) is 6.65. The summed E-state index contributed by atoms with van der Waals surface area (Å²) < 4.78 is 40.8. The highest BCUT2D eigenvalue weighted by molar-refractivity contribution is 7.98. The summed E-state index contributed by atoms with van der Waals surface area (Å²) in [5.41, 5.74) is 5.50. The predicted octanol–water partition coefficient (Wildman–Crippen LogP) is 3.25. The lowest BCUT2D eigenvalue weighted by Gasteiger charge is -2.12. The van der Waals surface area contributed by atoms with Gasteiger partial charge in [-0.25, -0.2) is 0 Å². The number of nitrogens with zero attached hydrogens (tertiary/aromatic N) is 2. The summed E-state index contributed by atoms with van der Waals surface area (Å²) in [6.07, 6.45) is -4.69. The van der Waals surface area contributed by atoms with E-state index in [1.807, 2.05) is 12.1 Å². The van der Waals surface area contributed by atoms with Crippen LogP contribution in [-0.4, -0.2) is 27.5 Å². The maximum absolute atomic E-state index is 13.2. The summed E-state index contributed by atoms with van der Waals surface area (Å²) in [6.45, 7) is -0.402. The normalized spacial score (nSPS) is 13.3. The first-order chi connectivity index (χ1) is 11.2. The van der Waals surface area contributed by atoms with E-state index in [1.165, 1.54) is 23.5 Å². The van der Waals surface area contributed by atoms with E-state index in [4.69, 9.17) is 22.4 Å². The Bertz CT molecular complexity index is 706. The van der Waals surface area contributed by atoms with Crippen molar-refractivity contribution in [2.45, 2.75) is 29.4 Å². The van der Waals surface area contributed by atoms with E-state index in [2.05, 4.69) is 5.10 Å². The SMILES string of the molecule is Cn1nc(C(F)(F)F)c(CC(N)CO)c1SCc1ccccc1Cl. The van der Waals surface area contributed by atoms with Crippen molar-refractivity contribution in [3.8, 4) is 0 Å². The monoisotopic (exact) mass is 379 g/mol. The lowest BCUT2D eigenvalue weighted by atomic mass is 10.1.